The number of benzene rings is 1. The number of hydrogen-bond donors (Lipinski definition) is 1. The van der Waals surface area contributed by atoms with Crippen LogP contribution >= 0.6 is 22.9 Å². The van der Waals surface area contributed by atoms with Crippen LogP contribution in [0.1, 0.15) is 21.8 Å². The first-order valence-electron chi connectivity index (χ1n) is 8.34. The highest BCUT2D eigenvalue weighted by Crippen LogP contribution is 2.28. The zero-order valence-electron chi connectivity index (χ0n) is 14.3. The number of thiazole rings is 1. The molecule has 1 aromatic carbocycles. The van der Waals surface area contributed by atoms with Gasteiger partial charge in [-0.2, -0.15) is 0 Å². The summed E-state index contributed by atoms with van der Waals surface area (Å²) in [6.45, 7) is 5.92. The quantitative estimate of drug-likeness (QED) is 0.729. The van der Waals surface area contributed by atoms with Gasteiger partial charge in [-0.3, -0.25) is 15.0 Å². The fourth-order valence-electron chi connectivity index (χ4n) is 2.99. The van der Waals surface area contributed by atoms with E-state index in [9.17, 15) is 4.79 Å². The number of hydrogen-bond acceptors (Lipinski definition) is 6. The van der Waals surface area contributed by atoms with E-state index in [1.807, 2.05) is 12.3 Å². The Morgan fingerprint density at radius 1 is 1.38 bits per heavy atom. The van der Waals surface area contributed by atoms with Gasteiger partial charge in [0.15, 0.2) is 10.9 Å². The fraction of sp³-hybridized carbons (Fsp3) is 0.333. The number of aromatic nitrogens is 1. The number of carbonyl (C=O) groups is 1. The molecule has 4 rings (SSSR count). The first kappa shape index (κ1) is 17.5. The van der Waals surface area contributed by atoms with Gasteiger partial charge in [0.2, 0.25) is 0 Å². The lowest BCUT2D eigenvalue weighted by Gasteiger charge is -2.25. The van der Waals surface area contributed by atoms with Gasteiger partial charge in [0, 0.05) is 41.0 Å². The molecular weight excluding hydrogens is 374 g/mol. The van der Waals surface area contributed by atoms with Crippen molar-refractivity contribution in [2.75, 3.05) is 31.6 Å². The molecule has 0 atom stereocenters. The van der Waals surface area contributed by atoms with Crippen LogP contribution in [0.25, 0.3) is 11.0 Å². The SMILES string of the molecule is Cc1c(C(=O)Nc2nc(CN3CCOCC3)cs2)oc2ccc(Cl)cc12. The molecule has 0 bridgehead atoms. The molecule has 0 radical (unpaired) electrons. The third kappa shape index (κ3) is 3.61. The summed E-state index contributed by atoms with van der Waals surface area (Å²) in [4.78, 5) is 19.4. The Kier molecular flexibility index (Phi) is 4.95. The van der Waals surface area contributed by atoms with Gasteiger partial charge in [0.05, 0.1) is 18.9 Å². The van der Waals surface area contributed by atoms with E-state index in [1.54, 1.807) is 18.2 Å². The average Bonchev–Trinajstić information content (AvgIpc) is 3.20. The predicted molar refractivity (Wildman–Crippen MR) is 102 cm³/mol. The second-order valence-corrected chi connectivity index (χ2v) is 7.48. The minimum atomic E-state index is -0.304. The van der Waals surface area contributed by atoms with Crippen LogP contribution in [-0.2, 0) is 11.3 Å². The molecule has 1 amide bonds. The van der Waals surface area contributed by atoms with E-state index in [0.29, 0.717) is 15.7 Å². The van der Waals surface area contributed by atoms with Gasteiger partial charge in [0.25, 0.3) is 5.91 Å². The number of nitrogens with zero attached hydrogens (tertiary/aromatic N) is 2. The van der Waals surface area contributed by atoms with Crippen LogP contribution in [0, 0.1) is 6.92 Å². The molecule has 8 heteroatoms. The topological polar surface area (TPSA) is 67.6 Å². The van der Waals surface area contributed by atoms with Gasteiger partial charge >= 0.3 is 0 Å². The minimum absolute atomic E-state index is 0.284. The van der Waals surface area contributed by atoms with Crippen molar-refractivity contribution < 1.29 is 13.9 Å². The summed E-state index contributed by atoms with van der Waals surface area (Å²) in [6, 6.07) is 5.31. The number of carbonyl (C=O) groups excluding carboxylic acids is 1. The van der Waals surface area contributed by atoms with Crippen LogP contribution in [0.2, 0.25) is 5.02 Å². The molecule has 3 heterocycles. The Bertz CT molecular complexity index is 946. The number of nitrogens with one attached hydrogen (secondary N) is 1. The molecule has 3 aromatic rings. The van der Waals surface area contributed by atoms with Crippen molar-refractivity contribution in [3.8, 4) is 0 Å². The number of furan rings is 1. The number of aryl methyl sites for hydroxylation is 1. The van der Waals surface area contributed by atoms with Crippen LogP contribution in [0.3, 0.4) is 0 Å². The first-order chi connectivity index (χ1) is 12.6. The van der Waals surface area contributed by atoms with Crippen molar-refractivity contribution in [3.63, 3.8) is 0 Å². The molecule has 1 aliphatic heterocycles. The van der Waals surface area contributed by atoms with Crippen molar-refractivity contribution >= 4 is 44.9 Å². The van der Waals surface area contributed by atoms with Gasteiger partial charge < -0.3 is 9.15 Å². The second kappa shape index (κ2) is 7.36. The van der Waals surface area contributed by atoms with E-state index in [4.69, 9.17) is 20.8 Å². The van der Waals surface area contributed by atoms with E-state index in [-0.39, 0.29) is 11.7 Å². The van der Waals surface area contributed by atoms with Gasteiger partial charge in [0.1, 0.15) is 5.58 Å². The Hall–Kier alpha value is -1.93. The lowest BCUT2D eigenvalue weighted by atomic mass is 10.1. The summed E-state index contributed by atoms with van der Waals surface area (Å²) < 4.78 is 11.1. The van der Waals surface area contributed by atoms with Crippen molar-refractivity contribution in [3.05, 3.63) is 45.6 Å². The summed E-state index contributed by atoms with van der Waals surface area (Å²) in [5.74, 6) is -0.0192. The highest BCUT2D eigenvalue weighted by molar-refractivity contribution is 7.13. The summed E-state index contributed by atoms with van der Waals surface area (Å²) >= 11 is 7.44. The first-order valence-corrected chi connectivity index (χ1v) is 9.60. The molecule has 2 aromatic heterocycles. The lowest BCUT2D eigenvalue weighted by molar-refractivity contribution is 0.0337. The van der Waals surface area contributed by atoms with Gasteiger partial charge in [-0.05, 0) is 25.1 Å². The van der Waals surface area contributed by atoms with E-state index < -0.39 is 0 Å². The number of rotatable bonds is 4. The zero-order chi connectivity index (χ0) is 18.1. The maximum Gasteiger partial charge on any atom is 0.293 e. The van der Waals surface area contributed by atoms with E-state index in [1.165, 1.54) is 11.3 Å². The molecule has 0 unspecified atom stereocenters. The number of halogens is 1. The Morgan fingerprint density at radius 3 is 3.00 bits per heavy atom. The number of ether oxygens (including phenoxy) is 1. The molecule has 0 spiro atoms. The van der Waals surface area contributed by atoms with Crippen LogP contribution in [0.5, 0.6) is 0 Å². The van der Waals surface area contributed by atoms with Crippen LogP contribution in [0.15, 0.2) is 28.0 Å². The summed E-state index contributed by atoms with van der Waals surface area (Å²) in [5, 5.41) is 6.82. The Labute approximate surface area is 159 Å². The standard InChI is InChI=1S/C18H18ClN3O3S/c1-11-14-8-12(19)2-3-15(14)25-16(11)17(23)21-18-20-13(10-26-18)9-22-4-6-24-7-5-22/h2-3,8,10H,4-7,9H2,1H3,(H,20,21,23). The summed E-state index contributed by atoms with van der Waals surface area (Å²) in [6.07, 6.45) is 0. The highest BCUT2D eigenvalue weighted by atomic mass is 35.5. The number of fused-ring (bicyclic) bond motifs is 1. The van der Waals surface area contributed by atoms with Crippen LogP contribution < -0.4 is 5.32 Å². The number of morpholine rings is 1. The van der Waals surface area contributed by atoms with Gasteiger partial charge in [-0.25, -0.2) is 4.98 Å². The largest absolute Gasteiger partial charge is 0.451 e. The Morgan fingerprint density at radius 2 is 2.19 bits per heavy atom. The summed E-state index contributed by atoms with van der Waals surface area (Å²) in [5.41, 5.74) is 2.36. The second-order valence-electron chi connectivity index (χ2n) is 6.18. The molecule has 1 aliphatic rings. The monoisotopic (exact) mass is 391 g/mol. The highest BCUT2D eigenvalue weighted by Gasteiger charge is 2.19. The molecule has 1 N–H and O–H groups in total. The van der Waals surface area contributed by atoms with Crippen LogP contribution in [-0.4, -0.2) is 42.1 Å². The van der Waals surface area contributed by atoms with Crippen molar-refractivity contribution in [1.82, 2.24) is 9.88 Å². The van der Waals surface area contributed by atoms with Crippen LogP contribution in [0.4, 0.5) is 5.13 Å². The van der Waals surface area contributed by atoms with E-state index in [2.05, 4.69) is 15.2 Å². The van der Waals surface area contributed by atoms with Gasteiger partial charge in [-0.1, -0.05) is 11.6 Å². The molecule has 136 valence electrons. The fourth-order valence-corrected chi connectivity index (χ4v) is 3.86. The smallest absolute Gasteiger partial charge is 0.293 e. The third-order valence-corrected chi connectivity index (χ3v) is 5.41. The van der Waals surface area contributed by atoms with Gasteiger partial charge in [-0.15, -0.1) is 11.3 Å². The van der Waals surface area contributed by atoms with Crippen molar-refractivity contribution in [1.29, 1.82) is 0 Å². The lowest BCUT2D eigenvalue weighted by Crippen LogP contribution is -2.35. The van der Waals surface area contributed by atoms with Crippen molar-refractivity contribution in [2.24, 2.45) is 0 Å². The molecule has 0 aliphatic carbocycles. The molecule has 26 heavy (non-hydrogen) atoms. The van der Waals surface area contributed by atoms with Crippen molar-refractivity contribution in [2.45, 2.75) is 13.5 Å². The average molecular weight is 392 g/mol. The Balaban J connectivity index is 1.47. The maximum absolute atomic E-state index is 12.6. The normalized spacial score (nSPS) is 15.5. The molecular formula is C18H18ClN3O3S. The number of anilines is 1. The van der Waals surface area contributed by atoms with E-state index in [0.717, 1.165) is 49.5 Å². The minimum Gasteiger partial charge on any atom is -0.451 e. The zero-order valence-corrected chi connectivity index (χ0v) is 15.8. The molecule has 0 saturated carbocycles. The predicted octanol–water partition coefficient (Wildman–Crippen LogP) is 3.94. The molecule has 1 fully saturated rings. The van der Waals surface area contributed by atoms with E-state index >= 15 is 0 Å². The number of amides is 1. The molecule has 6 nitrogen and oxygen atoms in total. The maximum atomic E-state index is 12.6. The molecule has 1 saturated heterocycles. The summed E-state index contributed by atoms with van der Waals surface area (Å²) in [7, 11) is 0. The third-order valence-electron chi connectivity index (χ3n) is 4.37.